The van der Waals surface area contributed by atoms with Crippen LogP contribution in [-0.2, 0) is 27.2 Å². The van der Waals surface area contributed by atoms with Crippen molar-refractivity contribution in [1.82, 2.24) is 0 Å². The van der Waals surface area contributed by atoms with Crippen molar-refractivity contribution in [1.29, 1.82) is 0 Å². The van der Waals surface area contributed by atoms with Crippen molar-refractivity contribution in [2.75, 3.05) is 26.4 Å². The molecule has 1 atom stereocenters. The molecule has 0 saturated carbocycles. The normalized spacial score (nSPS) is 13.8. The Labute approximate surface area is 195 Å². The molecule has 7 nitrogen and oxygen atoms in total. The second-order valence-electron chi connectivity index (χ2n) is 6.45. The molecule has 2 aromatic carbocycles. The van der Waals surface area contributed by atoms with Crippen LogP contribution in [0.4, 0.5) is 0 Å². The van der Waals surface area contributed by atoms with Crippen LogP contribution in [0.3, 0.4) is 0 Å². The Bertz CT molecular complexity index is 948. The molecule has 2 aromatic rings. The first-order chi connectivity index (χ1) is 15.3. The van der Waals surface area contributed by atoms with E-state index in [4.69, 9.17) is 34.7 Å². The van der Waals surface area contributed by atoms with Crippen molar-refractivity contribution in [3.05, 3.63) is 70.7 Å². The average molecular weight is 502 g/mol. The molecule has 0 saturated heterocycles. The molecular weight excluding hydrogens is 472 g/mol. The maximum atomic E-state index is 13.8. The second-order valence-corrected chi connectivity index (χ2v) is 10.9. The van der Waals surface area contributed by atoms with Crippen molar-refractivity contribution >= 4 is 32.2 Å². The van der Waals surface area contributed by atoms with Gasteiger partial charge in [0.15, 0.2) is 11.2 Å². The first kappa shape index (κ1) is 26.9. The summed E-state index contributed by atoms with van der Waals surface area (Å²) < 4.78 is 50.0. The molecule has 32 heavy (non-hydrogen) atoms. The van der Waals surface area contributed by atoms with E-state index in [-0.39, 0.29) is 31.9 Å². The molecule has 0 radical (unpaired) electrons. The molecule has 1 unspecified atom stereocenters. The molecule has 0 heterocycles. The predicted octanol–water partition coefficient (Wildman–Crippen LogP) is 7.32. The Morgan fingerprint density at radius 1 is 0.812 bits per heavy atom. The standard InChI is InChI=1S/C22H30ClNO6P2/c1-5-27-31(25,28-6-2)21(18-12-10-9-11-13-18)24-22(19-14-16-20(23)17-15-19)32(26,29-7-3)30-8-4/h9-17,21H,5-8H2,1-4H3/b24-22-. The van der Waals surface area contributed by atoms with E-state index >= 15 is 0 Å². The molecule has 176 valence electrons. The van der Waals surface area contributed by atoms with Gasteiger partial charge in [0, 0.05) is 10.6 Å². The largest absolute Gasteiger partial charge is 0.379 e. The number of hydrogen-bond donors (Lipinski definition) is 0. The van der Waals surface area contributed by atoms with Gasteiger partial charge in [0.05, 0.1) is 26.4 Å². The van der Waals surface area contributed by atoms with Gasteiger partial charge in [-0.05, 0) is 45.4 Å². The lowest BCUT2D eigenvalue weighted by Gasteiger charge is -2.26. The van der Waals surface area contributed by atoms with Crippen molar-refractivity contribution in [3.8, 4) is 0 Å². The molecular formula is C22H30ClNO6P2. The zero-order valence-corrected chi connectivity index (χ0v) is 21.3. The number of nitrogens with zero attached hydrogens (tertiary/aromatic N) is 1. The summed E-state index contributed by atoms with van der Waals surface area (Å²) in [6.45, 7) is 7.45. The van der Waals surface area contributed by atoms with E-state index in [1.54, 1.807) is 76.2 Å². The van der Waals surface area contributed by atoms with Crippen LogP contribution in [0.25, 0.3) is 0 Å². The average Bonchev–Trinajstić information content (AvgIpc) is 2.76. The van der Waals surface area contributed by atoms with Crippen LogP contribution in [-0.4, -0.2) is 31.9 Å². The van der Waals surface area contributed by atoms with E-state index in [0.717, 1.165) is 0 Å². The summed E-state index contributed by atoms with van der Waals surface area (Å²) in [6.07, 6.45) is 0. The van der Waals surface area contributed by atoms with Crippen LogP contribution in [0.5, 0.6) is 0 Å². The highest BCUT2D eigenvalue weighted by atomic mass is 35.5. The minimum atomic E-state index is -3.87. The topological polar surface area (TPSA) is 83.4 Å². The maximum Gasteiger partial charge on any atom is 0.379 e. The zero-order valence-electron chi connectivity index (χ0n) is 18.8. The quantitative estimate of drug-likeness (QED) is 0.211. The summed E-state index contributed by atoms with van der Waals surface area (Å²) in [5.41, 5.74) is 1.09. The van der Waals surface area contributed by atoms with E-state index in [9.17, 15) is 9.13 Å². The van der Waals surface area contributed by atoms with Crippen LogP contribution >= 0.6 is 26.8 Å². The Kier molecular flexibility index (Phi) is 10.8. The van der Waals surface area contributed by atoms with Gasteiger partial charge in [-0.25, -0.2) is 0 Å². The van der Waals surface area contributed by atoms with E-state index < -0.39 is 21.0 Å². The van der Waals surface area contributed by atoms with E-state index in [1.807, 2.05) is 6.07 Å². The Balaban J connectivity index is 2.81. The van der Waals surface area contributed by atoms with Crippen molar-refractivity contribution in [2.24, 2.45) is 4.99 Å². The minimum Gasteiger partial charge on any atom is -0.307 e. The van der Waals surface area contributed by atoms with Crippen LogP contribution in [0.15, 0.2) is 59.6 Å². The van der Waals surface area contributed by atoms with Crippen LogP contribution in [0, 0.1) is 0 Å². The Morgan fingerprint density at radius 3 is 1.78 bits per heavy atom. The van der Waals surface area contributed by atoms with Crippen LogP contribution in [0.2, 0.25) is 5.02 Å². The van der Waals surface area contributed by atoms with Gasteiger partial charge in [-0.2, -0.15) is 0 Å². The minimum absolute atomic E-state index is 0.0337. The second kappa shape index (κ2) is 12.8. The fourth-order valence-electron chi connectivity index (χ4n) is 3.01. The lowest BCUT2D eigenvalue weighted by molar-refractivity contribution is 0.212. The van der Waals surface area contributed by atoms with Crippen molar-refractivity contribution in [3.63, 3.8) is 0 Å². The van der Waals surface area contributed by atoms with Crippen molar-refractivity contribution in [2.45, 2.75) is 33.5 Å². The van der Waals surface area contributed by atoms with Crippen LogP contribution < -0.4 is 0 Å². The molecule has 0 N–H and O–H groups in total. The van der Waals surface area contributed by atoms with Gasteiger partial charge >= 0.3 is 15.2 Å². The fourth-order valence-corrected chi connectivity index (χ4v) is 6.82. The molecule has 0 aliphatic heterocycles. The predicted molar refractivity (Wildman–Crippen MR) is 129 cm³/mol. The number of hydrogen-bond acceptors (Lipinski definition) is 7. The highest BCUT2D eigenvalue weighted by molar-refractivity contribution is 7.73. The number of aliphatic imine (C=N–C) groups is 1. The first-order valence-electron chi connectivity index (χ1n) is 10.5. The van der Waals surface area contributed by atoms with E-state index in [2.05, 4.69) is 0 Å². The lowest BCUT2D eigenvalue weighted by atomic mass is 10.2. The number of rotatable bonds is 13. The van der Waals surface area contributed by atoms with Gasteiger partial charge in [-0.3, -0.25) is 14.1 Å². The molecule has 10 heteroatoms. The van der Waals surface area contributed by atoms with Gasteiger partial charge in [-0.1, -0.05) is 54.1 Å². The third kappa shape index (κ3) is 6.85. The van der Waals surface area contributed by atoms with Gasteiger partial charge in [0.25, 0.3) is 0 Å². The molecule has 0 amide bonds. The molecule has 2 rings (SSSR count). The summed E-state index contributed by atoms with van der Waals surface area (Å²) >= 11 is 6.05. The highest BCUT2D eigenvalue weighted by Crippen LogP contribution is 2.63. The smallest absolute Gasteiger partial charge is 0.307 e. The third-order valence-corrected chi connectivity index (χ3v) is 8.81. The van der Waals surface area contributed by atoms with E-state index in [1.165, 1.54) is 0 Å². The number of benzene rings is 2. The molecule has 0 aliphatic rings. The Hall–Kier alpha value is -1.30. The number of halogens is 1. The lowest BCUT2D eigenvalue weighted by Crippen LogP contribution is -2.13. The molecule has 0 aromatic heterocycles. The van der Waals surface area contributed by atoms with Crippen LogP contribution in [0.1, 0.15) is 44.6 Å². The van der Waals surface area contributed by atoms with Gasteiger partial charge in [0.2, 0.25) is 0 Å². The summed E-state index contributed by atoms with van der Waals surface area (Å²) in [4.78, 5) is 4.71. The zero-order chi connectivity index (χ0) is 23.6. The summed E-state index contributed by atoms with van der Waals surface area (Å²) in [5.74, 6) is -1.08. The fraction of sp³-hybridized carbons (Fsp3) is 0.409. The monoisotopic (exact) mass is 501 g/mol. The summed E-state index contributed by atoms with van der Waals surface area (Å²) in [5, 5.41) is 0.504. The summed E-state index contributed by atoms with van der Waals surface area (Å²) in [7, 11) is -7.66. The first-order valence-corrected chi connectivity index (χ1v) is 14.0. The molecule has 0 fully saturated rings. The SMILES string of the molecule is CCOP(=O)(OCC)/C(=N\C(c1ccccc1)P(=O)(OCC)OCC)c1ccc(Cl)cc1. The van der Waals surface area contributed by atoms with Crippen molar-refractivity contribution < 1.29 is 27.2 Å². The Morgan fingerprint density at radius 2 is 1.31 bits per heavy atom. The van der Waals surface area contributed by atoms with E-state index in [0.29, 0.717) is 16.1 Å². The highest BCUT2D eigenvalue weighted by Gasteiger charge is 2.41. The third-order valence-electron chi connectivity index (χ3n) is 4.22. The molecule has 0 spiro atoms. The molecule has 0 bridgehead atoms. The summed E-state index contributed by atoms with van der Waals surface area (Å²) in [6, 6.07) is 15.6. The molecule has 0 aliphatic carbocycles. The maximum absolute atomic E-state index is 13.8. The van der Waals surface area contributed by atoms with Gasteiger partial charge in [0.1, 0.15) is 0 Å². The van der Waals surface area contributed by atoms with Gasteiger partial charge < -0.3 is 18.1 Å². The van der Waals surface area contributed by atoms with Gasteiger partial charge in [-0.15, -0.1) is 0 Å².